The number of nitroso groups, excluding NO2 is 1. The van der Waals surface area contributed by atoms with E-state index < -0.39 is 5.97 Å². The Morgan fingerprint density at radius 1 is 1.73 bits per heavy atom. The first-order valence-corrected chi connectivity index (χ1v) is 2.93. The van der Waals surface area contributed by atoms with Gasteiger partial charge in [-0.1, -0.05) is 5.18 Å². The molecule has 0 radical (unpaired) electrons. The summed E-state index contributed by atoms with van der Waals surface area (Å²) in [4.78, 5) is 22.5. The Balaban J connectivity index is 2.81. The molecule has 5 nitrogen and oxygen atoms in total. The Bertz CT molecular complexity index is 279. The number of hydrogen-bond acceptors (Lipinski definition) is 3. The van der Waals surface area contributed by atoms with Gasteiger partial charge in [-0.15, -0.1) is 0 Å². The minimum Gasteiger partial charge on any atom is -0.477 e. The summed E-state index contributed by atoms with van der Waals surface area (Å²) in [5.41, 5.74) is 0.654. The molecule has 1 aromatic rings. The highest BCUT2D eigenvalue weighted by Crippen LogP contribution is 2.04. The van der Waals surface area contributed by atoms with Gasteiger partial charge >= 0.3 is 5.97 Å². The van der Waals surface area contributed by atoms with E-state index in [0.29, 0.717) is 5.56 Å². The van der Waals surface area contributed by atoms with Crippen LogP contribution < -0.4 is 0 Å². The van der Waals surface area contributed by atoms with Crippen molar-refractivity contribution in [2.45, 2.75) is 6.54 Å². The molecule has 0 aliphatic heterocycles. The SMILES string of the molecule is O=NCc1c[nH]c(C(=O)O)c1. The van der Waals surface area contributed by atoms with Crippen molar-refractivity contribution in [3.05, 3.63) is 28.4 Å². The third kappa shape index (κ3) is 1.64. The van der Waals surface area contributed by atoms with E-state index in [1.807, 2.05) is 0 Å². The first-order valence-electron chi connectivity index (χ1n) is 2.93. The van der Waals surface area contributed by atoms with Crippen molar-refractivity contribution in [2.24, 2.45) is 5.18 Å². The molecule has 0 bridgehead atoms. The van der Waals surface area contributed by atoms with Gasteiger partial charge in [-0.2, -0.15) is 4.91 Å². The number of aromatic amines is 1. The smallest absolute Gasteiger partial charge is 0.352 e. The van der Waals surface area contributed by atoms with E-state index in [4.69, 9.17) is 5.11 Å². The van der Waals surface area contributed by atoms with Crippen LogP contribution in [0.1, 0.15) is 16.1 Å². The first kappa shape index (κ1) is 7.46. The van der Waals surface area contributed by atoms with Gasteiger partial charge in [0.1, 0.15) is 12.2 Å². The molecular formula is C6H6N2O3. The molecule has 1 rings (SSSR count). The summed E-state index contributed by atoms with van der Waals surface area (Å²) in [5.74, 6) is -1.04. The number of rotatable bonds is 3. The van der Waals surface area contributed by atoms with Gasteiger partial charge in [0.2, 0.25) is 0 Å². The first-order chi connectivity index (χ1) is 5.24. The predicted molar refractivity (Wildman–Crippen MR) is 37.3 cm³/mol. The number of nitrogens with zero attached hydrogens (tertiary/aromatic N) is 1. The summed E-state index contributed by atoms with van der Waals surface area (Å²) in [6.45, 7) is 0.00375. The Morgan fingerprint density at radius 3 is 2.91 bits per heavy atom. The van der Waals surface area contributed by atoms with Crippen LogP contribution in [0, 0.1) is 4.91 Å². The number of H-pyrrole nitrogens is 1. The molecule has 0 saturated carbocycles. The van der Waals surface area contributed by atoms with E-state index in [2.05, 4.69) is 10.2 Å². The van der Waals surface area contributed by atoms with Crippen LogP contribution in [0.15, 0.2) is 17.4 Å². The molecule has 58 valence electrons. The molecule has 5 heteroatoms. The fourth-order valence-electron chi connectivity index (χ4n) is 0.728. The van der Waals surface area contributed by atoms with Gasteiger partial charge in [0.15, 0.2) is 0 Å². The molecule has 0 saturated heterocycles. The molecule has 11 heavy (non-hydrogen) atoms. The summed E-state index contributed by atoms with van der Waals surface area (Å²) in [5, 5.41) is 11.0. The molecule has 0 unspecified atom stereocenters. The standard InChI is InChI=1S/C6H6N2O3/c9-6(10)5-1-4(2-7-5)3-8-11/h1-2,7H,3H2,(H,9,10). The molecule has 0 aliphatic rings. The van der Waals surface area contributed by atoms with Gasteiger partial charge in [-0.3, -0.25) is 0 Å². The molecule has 1 aromatic heterocycles. The fraction of sp³-hybridized carbons (Fsp3) is 0.167. The maximum absolute atomic E-state index is 10.3. The lowest BCUT2D eigenvalue weighted by molar-refractivity contribution is 0.0691. The lowest BCUT2D eigenvalue weighted by Crippen LogP contribution is -1.94. The average Bonchev–Trinajstić information content (AvgIpc) is 2.37. The van der Waals surface area contributed by atoms with Gasteiger partial charge < -0.3 is 10.1 Å². The molecule has 0 aromatic carbocycles. The van der Waals surface area contributed by atoms with Crippen molar-refractivity contribution in [1.29, 1.82) is 0 Å². The Kier molecular flexibility index (Phi) is 2.00. The van der Waals surface area contributed by atoms with Gasteiger partial charge in [0.25, 0.3) is 0 Å². The zero-order chi connectivity index (χ0) is 8.27. The minimum atomic E-state index is -1.04. The van der Waals surface area contributed by atoms with Gasteiger partial charge in [-0.25, -0.2) is 4.79 Å². The Labute approximate surface area is 62.0 Å². The summed E-state index contributed by atoms with van der Waals surface area (Å²) in [7, 11) is 0. The van der Waals surface area contributed by atoms with E-state index in [0.717, 1.165) is 0 Å². The molecule has 0 fully saturated rings. The second kappa shape index (κ2) is 2.96. The topological polar surface area (TPSA) is 82.5 Å². The molecule has 0 spiro atoms. The lowest BCUT2D eigenvalue weighted by Gasteiger charge is -1.82. The molecule has 2 N–H and O–H groups in total. The summed E-state index contributed by atoms with van der Waals surface area (Å²) < 4.78 is 0. The second-order valence-corrected chi connectivity index (χ2v) is 2.01. The monoisotopic (exact) mass is 154 g/mol. The van der Waals surface area contributed by atoms with Crippen molar-refractivity contribution in [3.63, 3.8) is 0 Å². The largest absolute Gasteiger partial charge is 0.477 e. The van der Waals surface area contributed by atoms with E-state index >= 15 is 0 Å². The van der Waals surface area contributed by atoms with Crippen LogP contribution in [0.3, 0.4) is 0 Å². The molecule has 1 heterocycles. The zero-order valence-corrected chi connectivity index (χ0v) is 5.57. The Morgan fingerprint density at radius 2 is 2.45 bits per heavy atom. The maximum atomic E-state index is 10.3. The van der Waals surface area contributed by atoms with Crippen LogP contribution in [0.25, 0.3) is 0 Å². The molecule has 0 aliphatic carbocycles. The van der Waals surface area contributed by atoms with Crippen LogP contribution in [-0.4, -0.2) is 16.1 Å². The normalized spacial score (nSPS) is 9.45. The summed E-state index contributed by atoms with van der Waals surface area (Å²) in [6, 6.07) is 1.38. The van der Waals surface area contributed by atoms with Gasteiger partial charge in [-0.05, 0) is 11.6 Å². The molecule has 0 atom stereocenters. The number of aromatic carboxylic acids is 1. The quantitative estimate of drug-likeness (QED) is 0.636. The predicted octanol–water partition coefficient (Wildman–Crippen LogP) is 0.979. The van der Waals surface area contributed by atoms with E-state index in [-0.39, 0.29) is 12.2 Å². The third-order valence-corrected chi connectivity index (χ3v) is 1.22. The average molecular weight is 154 g/mol. The number of nitrogens with one attached hydrogen (secondary N) is 1. The Hall–Kier alpha value is -1.65. The van der Waals surface area contributed by atoms with E-state index in [1.165, 1.54) is 12.3 Å². The van der Waals surface area contributed by atoms with Crippen molar-refractivity contribution < 1.29 is 9.90 Å². The van der Waals surface area contributed by atoms with E-state index in [9.17, 15) is 9.70 Å². The number of carboxylic acids is 1. The van der Waals surface area contributed by atoms with Crippen LogP contribution in [-0.2, 0) is 6.54 Å². The van der Waals surface area contributed by atoms with Crippen molar-refractivity contribution in [1.82, 2.24) is 4.98 Å². The number of carboxylic acid groups (broad SMARTS) is 1. The van der Waals surface area contributed by atoms with Crippen LogP contribution in [0.5, 0.6) is 0 Å². The van der Waals surface area contributed by atoms with Crippen molar-refractivity contribution >= 4 is 5.97 Å². The van der Waals surface area contributed by atoms with Crippen LogP contribution in [0.4, 0.5) is 0 Å². The number of hydrogen-bond donors (Lipinski definition) is 2. The lowest BCUT2D eigenvalue weighted by atomic mass is 10.3. The fourth-order valence-corrected chi connectivity index (χ4v) is 0.728. The van der Waals surface area contributed by atoms with Gasteiger partial charge in [0, 0.05) is 6.20 Å². The third-order valence-electron chi connectivity index (χ3n) is 1.22. The minimum absolute atomic E-state index is 0.00375. The highest BCUT2D eigenvalue weighted by Gasteiger charge is 2.04. The second-order valence-electron chi connectivity index (χ2n) is 2.01. The van der Waals surface area contributed by atoms with Crippen LogP contribution >= 0.6 is 0 Å². The van der Waals surface area contributed by atoms with E-state index in [1.54, 1.807) is 0 Å². The number of carbonyl (C=O) groups is 1. The molecule has 0 amide bonds. The maximum Gasteiger partial charge on any atom is 0.352 e. The van der Waals surface area contributed by atoms with Gasteiger partial charge in [0.05, 0.1) is 0 Å². The highest BCUT2D eigenvalue weighted by atomic mass is 16.4. The molecular weight excluding hydrogens is 148 g/mol. The van der Waals surface area contributed by atoms with Crippen molar-refractivity contribution in [2.75, 3.05) is 0 Å². The van der Waals surface area contributed by atoms with Crippen molar-refractivity contribution in [3.8, 4) is 0 Å². The zero-order valence-electron chi connectivity index (χ0n) is 5.57. The van der Waals surface area contributed by atoms with Crippen LogP contribution in [0.2, 0.25) is 0 Å². The number of aromatic nitrogens is 1. The summed E-state index contributed by atoms with van der Waals surface area (Å²) >= 11 is 0. The summed E-state index contributed by atoms with van der Waals surface area (Å²) in [6.07, 6.45) is 1.45. The highest BCUT2D eigenvalue weighted by molar-refractivity contribution is 5.85.